The molecule has 0 aromatic rings. The lowest BCUT2D eigenvalue weighted by molar-refractivity contribution is 0.0231. The Morgan fingerprint density at radius 1 is 1.30 bits per heavy atom. The monoisotopic (exact) mass is 296 g/mol. The first-order valence-electron chi connectivity index (χ1n) is 8.13. The van der Waals surface area contributed by atoms with Gasteiger partial charge in [-0.2, -0.15) is 0 Å². The summed E-state index contributed by atoms with van der Waals surface area (Å²) >= 11 is 0. The first kappa shape index (κ1) is 16.3. The summed E-state index contributed by atoms with van der Waals surface area (Å²) in [4.78, 5) is 0. The molecule has 1 fully saturated rings. The number of fused-ring (bicyclic) bond motifs is 1. The van der Waals surface area contributed by atoms with Crippen LogP contribution in [-0.2, 0) is 4.43 Å². The Bertz CT molecular complexity index is 394. The lowest BCUT2D eigenvalue weighted by Crippen LogP contribution is -2.51. The van der Waals surface area contributed by atoms with E-state index >= 15 is 0 Å². The third kappa shape index (κ3) is 2.90. The van der Waals surface area contributed by atoms with E-state index < -0.39 is 8.32 Å². The van der Waals surface area contributed by atoms with E-state index in [0.29, 0.717) is 6.10 Å². The normalized spacial score (nSPS) is 35.5. The highest BCUT2D eigenvalue weighted by molar-refractivity contribution is 6.74. The van der Waals surface area contributed by atoms with Crippen molar-refractivity contribution in [2.45, 2.75) is 90.1 Å². The van der Waals surface area contributed by atoms with Crippen molar-refractivity contribution in [3.63, 3.8) is 0 Å². The van der Waals surface area contributed by atoms with Crippen molar-refractivity contribution >= 4 is 8.32 Å². The van der Waals surface area contributed by atoms with E-state index in [0.717, 1.165) is 19.3 Å². The number of hydrogen-bond acceptors (Lipinski definition) is 2. The molecule has 1 saturated carbocycles. The average molecular weight is 297 g/mol. The van der Waals surface area contributed by atoms with Gasteiger partial charge in [0.25, 0.3) is 0 Å². The zero-order valence-corrected chi connectivity index (χ0v) is 15.1. The van der Waals surface area contributed by atoms with Gasteiger partial charge in [0, 0.05) is 5.41 Å². The van der Waals surface area contributed by atoms with Gasteiger partial charge in [0.05, 0.1) is 12.2 Å². The van der Waals surface area contributed by atoms with Crippen molar-refractivity contribution in [2.24, 2.45) is 5.41 Å². The van der Waals surface area contributed by atoms with E-state index in [9.17, 15) is 5.11 Å². The van der Waals surface area contributed by atoms with Crippen molar-refractivity contribution in [1.29, 1.82) is 0 Å². The second-order valence-corrected chi connectivity index (χ2v) is 13.2. The van der Waals surface area contributed by atoms with Crippen LogP contribution in [0.5, 0.6) is 0 Å². The molecular formula is C17H32O2Si. The summed E-state index contributed by atoms with van der Waals surface area (Å²) in [7, 11) is -1.72. The highest BCUT2D eigenvalue weighted by atomic mass is 28.4. The third-order valence-electron chi connectivity index (χ3n) is 5.95. The molecule has 3 atom stereocenters. The van der Waals surface area contributed by atoms with Gasteiger partial charge >= 0.3 is 0 Å². The number of rotatable bonds is 2. The summed E-state index contributed by atoms with van der Waals surface area (Å²) in [6.45, 7) is 14.0. The van der Waals surface area contributed by atoms with E-state index in [1.165, 1.54) is 18.4 Å². The molecule has 2 rings (SSSR count). The Kier molecular flexibility index (Phi) is 4.27. The zero-order chi connectivity index (χ0) is 15.2. The van der Waals surface area contributed by atoms with Crippen LogP contribution in [-0.4, -0.2) is 25.6 Å². The fourth-order valence-electron chi connectivity index (χ4n) is 3.37. The predicted molar refractivity (Wildman–Crippen MR) is 87.4 cm³/mol. The maximum absolute atomic E-state index is 9.90. The van der Waals surface area contributed by atoms with Crippen LogP contribution in [0, 0.1) is 5.41 Å². The minimum absolute atomic E-state index is 0.160. The SMILES string of the molecule is CC(C)(C)[Si](C)(C)O[C@H]1CCCC2=C[C@@H](O)CC[C@@]21C. The molecule has 3 heteroatoms. The highest BCUT2D eigenvalue weighted by Gasteiger charge is 2.47. The summed E-state index contributed by atoms with van der Waals surface area (Å²) < 4.78 is 6.77. The Labute approximate surface area is 125 Å². The molecule has 0 bridgehead atoms. The van der Waals surface area contributed by atoms with Crippen molar-refractivity contribution in [2.75, 3.05) is 0 Å². The largest absolute Gasteiger partial charge is 0.413 e. The molecule has 0 spiro atoms. The predicted octanol–water partition coefficient (Wildman–Crippen LogP) is 4.65. The van der Waals surface area contributed by atoms with Crippen LogP contribution >= 0.6 is 0 Å². The first-order valence-corrected chi connectivity index (χ1v) is 11.0. The quantitative estimate of drug-likeness (QED) is 0.594. The van der Waals surface area contributed by atoms with Gasteiger partial charge in [0.15, 0.2) is 8.32 Å². The average Bonchev–Trinajstić information content (AvgIpc) is 2.30. The Morgan fingerprint density at radius 3 is 2.55 bits per heavy atom. The van der Waals surface area contributed by atoms with Gasteiger partial charge in [0.2, 0.25) is 0 Å². The maximum atomic E-state index is 9.90. The summed E-state index contributed by atoms with van der Waals surface area (Å²) in [5, 5.41) is 10.2. The van der Waals surface area contributed by atoms with Crippen LogP contribution < -0.4 is 0 Å². The lowest BCUT2D eigenvalue weighted by Gasteiger charge is -2.50. The molecule has 0 unspecified atom stereocenters. The zero-order valence-electron chi connectivity index (χ0n) is 14.1. The van der Waals surface area contributed by atoms with Gasteiger partial charge in [-0.3, -0.25) is 0 Å². The molecule has 0 aliphatic heterocycles. The van der Waals surface area contributed by atoms with E-state index in [-0.39, 0.29) is 16.6 Å². The molecule has 2 aliphatic carbocycles. The van der Waals surface area contributed by atoms with Crippen LogP contribution in [0.15, 0.2) is 11.6 Å². The van der Waals surface area contributed by atoms with Crippen LogP contribution in [0.2, 0.25) is 18.1 Å². The van der Waals surface area contributed by atoms with E-state index in [4.69, 9.17) is 4.43 Å². The second kappa shape index (κ2) is 5.26. The Morgan fingerprint density at radius 2 is 1.95 bits per heavy atom. The van der Waals surface area contributed by atoms with Crippen molar-refractivity contribution in [3.05, 3.63) is 11.6 Å². The third-order valence-corrected chi connectivity index (χ3v) is 10.4. The van der Waals surface area contributed by atoms with Gasteiger partial charge in [-0.25, -0.2) is 0 Å². The number of hydrogen-bond donors (Lipinski definition) is 1. The molecule has 116 valence electrons. The molecule has 0 saturated heterocycles. The first-order chi connectivity index (χ1) is 9.06. The maximum Gasteiger partial charge on any atom is 0.192 e. The molecule has 0 heterocycles. The summed E-state index contributed by atoms with van der Waals surface area (Å²) in [6, 6.07) is 0. The smallest absolute Gasteiger partial charge is 0.192 e. The molecule has 0 aromatic heterocycles. The van der Waals surface area contributed by atoms with Crippen LogP contribution in [0.25, 0.3) is 0 Å². The van der Waals surface area contributed by atoms with E-state index in [1.54, 1.807) is 0 Å². The van der Waals surface area contributed by atoms with Crippen LogP contribution in [0.4, 0.5) is 0 Å². The second-order valence-electron chi connectivity index (χ2n) is 8.47. The lowest BCUT2D eigenvalue weighted by atomic mass is 9.64. The van der Waals surface area contributed by atoms with Crippen molar-refractivity contribution < 1.29 is 9.53 Å². The molecule has 0 amide bonds. The Hall–Kier alpha value is -0.123. The molecule has 20 heavy (non-hydrogen) atoms. The van der Waals surface area contributed by atoms with Gasteiger partial charge in [0.1, 0.15) is 0 Å². The van der Waals surface area contributed by atoms with Gasteiger partial charge in [-0.15, -0.1) is 0 Å². The fraction of sp³-hybridized carbons (Fsp3) is 0.882. The van der Waals surface area contributed by atoms with Gasteiger partial charge < -0.3 is 9.53 Å². The van der Waals surface area contributed by atoms with Crippen LogP contribution in [0.3, 0.4) is 0 Å². The molecule has 0 radical (unpaired) electrons. The van der Waals surface area contributed by atoms with Gasteiger partial charge in [-0.05, 0) is 50.2 Å². The minimum Gasteiger partial charge on any atom is -0.413 e. The summed E-state index contributed by atoms with van der Waals surface area (Å²) in [5.74, 6) is 0. The van der Waals surface area contributed by atoms with Gasteiger partial charge in [-0.1, -0.05) is 39.3 Å². The Balaban J connectivity index is 2.22. The number of aliphatic hydroxyl groups excluding tert-OH is 1. The highest BCUT2D eigenvalue weighted by Crippen LogP contribution is 2.51. The molecule has 0 aromatic carbocycles. The van der Waals surface area contributed by atoms with Crippen LogP contribution in [0.1, 0.15) is 59.8 Å². The van der Waals surface area contributed by atoms with E-state index in [1.807, 2.05) is 0 Å². The molecular weight excluding hydrogens is 264 g/mol. The number of aliphatic hydroxyl groups is 1. The molecule has 1 N–H and O–H groups in total. The minimum atomic E-state index is -1.72. The fourth-order valence-corrected chi connectivity index (χ4v) is 4.81. The molecule has 2 aliphatic rings. The van der Waals surface area contributed by atoms with E-state index in [2.05, 4.69) is 46.9 Å². The van der Waals surface area contributed by atoms with Crippen molar-refractivity contribution in [1.82, 2.24) is 0 Å². The molecule has 2 nitrogen and oxygen atoms in total. The topological polar surface area (TPSA) is 29.5 Å². The van der Waals surface area contributed by atoms with Crippen molar-refractivity contribution in [3.8, 4) is 0 Å². The standard InChI is InChI=1S/C17H32O2Si/c1-16(2,3)20(5,6)19-15-9-7-8-13-12-14(18)10-11-17(13,15)4/h12,14-15,18H,7-11H2,1-6H3/t14-,15-,17-/m0/s1. The summed E-state index contributed by atoms with van der Waals surface area (Å²) in [6.07, 6.45) is 7.71. The summed E-state index contributed by atoms with van der Waals surface area (Å²) in [5.41, 5.74) is 1.61.